The Hall–Kier alpha value is -0.540. The molecule has 0 spiro atoms. The van der Waals surface area contributed by atoms with Crippen LogP contribution in [0, 0.1) is 5.41 Å². The zero-order valence-electron chi connectivity index (χ0n) is 12.9. The molecule has 1 heterocycles. The van der Waals surface area contributed by atoms with Crippen LogP contribution in [0.3, 0.4) is 0 Å². The monoisotopic (exact) mass is 349 g/mol. The maximum absolute atomic E-state index is 13.2. The molecule has 1 atom stereocenters. The lowest BCUT2D eigenvalue weighted by atomic mass is 9.79. The van der Waals surface area contributed by atoms with Crippen LogP contribution >= 0.6 is 0 Å². The summed E-state index contributed by atoms with van der Waals surface area (Å²) < 4.78 is 84.6. The van der Waals surface area contributed by atoms with Gasteiger partial charge in [-0.15, -0.1) is 0 Å². The second-order valence-corrected chi connectivity index (χ2v) is 7.15. The SMILES string of the molecule is CC(C)(COC1(C(O)(C(F)(F)F)C(F)(F)F)CCCC1)C1CN1. The van der Waals surface area contributed by atoms with E-state index in [1.807, 2.05) is 0 Å². The van der Waals surface area contributed by atoms with Crippen molar-refractivity contribution < 1.29 is 36.2 Å². The van der Waals surface area contributed by atoms with Gasteiger partial charge in [-0.3, -0.25) is 0 Å². The number of halogens is 6. The Balaban J connectivity index is 2.34. The minimum Gasteiger partial charge on any atom is -0.371 e. The number of alkyl halides is 6. The van der Waals surface area contributed by atoms with E-state index in [1.165, 1.54) is 0 Å². The van der Waals surface area contributed by atoms with Crippen molar-refractivity contribution in [3.8, 4) is 0 Å². The molecule has 2 N–H and O–H groups in total. The molecule has 2 aliphatic rings. The summed E-state index contributed by atoms with van der Waals surface area (Å²) in [6.45, 7) is 3.77. The van der Waals surface area contributed by atoms with E-state index >= 15 is 0 Å². The van der Waals surface area contributed by atoms with Gasteiger partial charge in [0.15, 0.2) is 0 Å². The van der Waals surface area contributed by atoms with E-state index in [0.717, 1.165) is 0 Å². The largest absolute Gasteiger partial charge is 0.429 e. The third kappa shape index (κ3) is 3.07. The van der Waals surface area contributed by atoms with Crippen LogP contribution in [-0.2, 0) is 4.74 Å². The fourth-order valence-electron chi connectivity index (χ4n) is 3.27. The molecule has 0 amide bonds. The Morgan fingerprint density at radius 1 is 1.04 bits per heavy atom. The lowest BCUT2D eigenvalue weighted by Crippen LogP contribution is -2.71. The molecule has 0 aromatic rings. The molecule has 9 heteroatoms. The smallest absolute Gasteiger partial charge is 0.371 e. The number of hydrogen-bond acceptors (Lipinski definition) is 3. The van der Waals surface area contributed by atoms with E-state index in [-0.39, 0.29) is 25.5 Å². The Kier molecular flexibility index (Phi) is 4.48. The quantitative estimate of drug-likeness (QED) is 0.592. The second kappa shape index (κ2) is 5.49. The third-order valence-corrected chi connectivity index (χ3v) is 4.96. The molecule has 1 saturated carbocycles. The molecular weight excluding hydrogens is 328 g/mol. The van der Waals surface area contributed by atoms with Crippen molar-refractivity contribution in [2.24, 2.45) is 5.41 Å². The Morgan fingerprint density at radius 3 is 1.83 bits per heavy atom. The van der Waals surface area contributed by atoms with Gasteiger partial charge < -0.3 is 15.2 Å². The van der Waals surface area contributed by atoms with Crippen molar-refractivity contribution in [1.82, 2.24) is 5.32 Å². The number of rotatable bonds is 5. The summed E-state index contributed by atoms with van der Waals surface area (Å²) in [4.78, 5) is 0. The first kappa shape index (κ1) is 18.8. The normalized spacial score (nSPS) is 25.7. The number of nitrogens with one attached hydrogen (secondary N) is 1. The Labute approximate surface area is 130 Å². The highest BCUT2D eigenvalue weighted by atomic mass is 19.4. The van der Waals surface area contributed by atoms with Crippen LogP contribution in [0.15, 0.2) is 0 Å². The van der Waals surface area contributed by atoms with Gasteiger partial charge in [-0.05, 0) is 12.8 Å². The minimum atomic E-state index is -5.86. The van der Waals surface area contributed by atoms with Crippen molar-refractivity contribution >= 4 is 0 Å². The molecular formula is C14H21F6NO2. The van der Waals surface area contributed by atoms with Crippen molar-refractivity contribution in [2.75, 3.05) is 13.2 Å². The molecule has 23 heavy (non-hydrogen) atoms. The summed E-state index contributed by atoms with van der Waals surface area (Å²) >= 11 is 0. The van der Waals surface area contributed by atoms with Gasteiger partial charge in [-0.1, -0.05) is 26.7 Å². The lowest BCUT2D eigenvalue weighted by Gasteiger charge is -2.47. The van der Waals surface area contributed by atoms with Gasteiger partial charge >= 0.3 is 12.4 Å². The molecule has 0 aromatic heterocycles. The first-order chi connectivity index (χ1) is 10.3. The maximum atomic E-state index is 13.2. The van der Waals surface area contributed by atoms with Gasteiger partial charge in [-0.2, -0.15) is 26.3 Å². The molecule has 1 unspecified atom stereocenters. The molecule has 0 bridgehead atoms. The Bertz CT molecular complexity index is 422. The van der Waals surface area contributed by atoms with Crippen LogP contribution in [0.25, 0.3) is 0 Å². The number of hydrogen-bond donors (Lipinski definition) is 2. The molecule has 3 nitrogen and oxygen atoms in total. The summed E-state index contributed by atoms with van der Waals surface area (Å²) in [5, 5.41) is 12.8. The second-order valence-electron chi connectivity index (χ2n) is 7.15. The van der Waals surface area contributed by atoms with Crippen LogP contribution < -0.4 is 5.32 Å². The molecule has 1 aliphatic heterocycles. The standard InChI is InChI=1S/C14H21F6NO2/c1-10(2,9-7-21-9)8-23-11(5-3-4-6-11)12(22,13(15,16)17)14(18,19)20/h9,21-22H,3-8H2,1-2H3. The summed E-state index contributed by atoms with van der Waals surface area (Å²) in [6.07, 6.45) is -12.4. The molecule has 2 fully saturated rings. The number of aliphatic hydroxyl groups is 1. The van der Waals surface area contributed by atoms with Gasteiger partial charge in [0.2, 0.25) is 0 Å². The van der Waals surface area contributed by atoms with Crippen LogP contribution in [-0.4, -0.2) is 47.9 Å². The van der Waals surface area contributed by atoms with Crippen LogP contribution in [0.4, 0.5) is 26.3 Å². The Morgan fingerprint density at radius 2 is 1.48 bits per heavy atom. The van der Waals surface area contributed by atoms with Crippen LogP contribution in [0.5, 0.6) is 0 Å². The average Bonchev–Trinajstić information content (AvgIpc) is 3.14. The first-order valence-corrected chi connectivity index (χ1v) is 7.50. The van der Waals surface area contributed by atoms with Crippen LogP contribution in [0.1, 0.15) is 39.5 Å². The van der Waals surface area contributed by atoms with Gasteiger partial charge in [0.05, 0.1) is 6.61 Å². The fraction of sp³-hybridized carbons (Fsp3) is 1.00. The highest BCUT2D eigenvalue weighted by molar-refractivity contribution is 5.12. The first-order valence-electron chi connectivity index (χ1n) is 7.50. The van der Waals surface area contributed by atoms with Gasteiger partial charge in [0, 0.05) is 18.0 Å². The molecule has 2 rings (SSSR count). The highest BCUT2D eigenvalue weighted by Crippen LogP contribution is 2.56. The zero-order chi connectivity index (χ0) is 17.7. The lowest BCUT2D eigenvalue weighted by molar-refractivity contribution is -0.418. The van der Waals surface area contributed by atoms with Crippen molar-refractivity contribution in [3.05, 3.63) is 0 Å². The summed E-state index contributed by atoms with van der Waals surface area (Å²) in [6, 6.07) is -0.00850. The molecule has 1 aliphatic carbocycles. The highest BCUT2D eigenvalue weighted by Gasteiger charge is 2.80. The van der Waals surface area contributed by atoms with Gasteiger partial charge in [0.1, 0.15) is 5.60 Å². The topological polar surface area (TPSA) is 51.4 Å². The van der Waals surface area contributed by atoms with Gasteiger partial charge in [0.25, 0.3) is 5.60 Å². The van der Waals surface area contributed by atoms with Crippen molar-refractivity contribution in [1.29, 1.82) is 0 Å². The maximum Gasteiger partial charge on any atom is 0.429 e. The third-order valence-electron chi connectivity index (χ3n) is 4.96. The summed E-state index contributed by atoms with van der Waals surface area (Å²) in [5.41, 5.74) is -8.17. The van der Waals surface area contributed by atoms with Crippen molar-refractivity contribution in [3.63, 3.8) is 0 Å². The summed E-state index contributed by atoms with van der Waals surface area (Å²) in [7, 11) is 0. The van der Waals surface area contributed by atoms with Crippen LogP contribution in [0.2, 0.25) is 0 Å². The molecule has 136 valence electrons. The van der Waals surface area contributed by atoms with E-state index in [2.05, 4.69) is 5.32 Å². The summed E-state index contributed by atoms with van der Waals surface area (Å²) in [5.74, 6) is 0. The predicted molar refractivity (Wildman–Crippen MR) is 69.8 cm³/mol. The molecule has 0 radical (unpaired) electrons. The molecule has 1 saturated heterocycles. The molecule has 0 aromatic carbocycles. The number of ether oxygens (including phenoxy) is 1. The zero-order valence-corrected chi connectivity index (χ0v) is 12.9. The predicted octanol–water partition coefficient (Wildman–Crippen LogP) is 3.17. The minimum absolute atomic E-state index is 0.00850. The van der Waals surface area contributed by atoms with E-state index in [4.69, 9.17) is 4.74 Å². The fourth-order valence-corrected chi connectivity index (χ4v) is 3.27. The van der Waals surface area contributed by atoms with E-state index < -0.39 is 41.8 Å². The van der Waals surface area contributed by atoms with E-state index in [9.17, 15) is 31.4 Å². The van der Waals surface area contributed by atoms with Crippen molar-refractivity contribution in [2.45, 2.75) is 69.1 Å². The average molecular weight is 349 g/mol. The van der Waals surface area contributed by atoms with E-state index in [1.54, 1.807) is 13.8 Å². The van der Waals surface area contributed by atoms with Gasteiger partial charge in [-0.25, -0.2) is 0 Å². The van der Waals surface area contributed by atoms with E-state index in [0.29, 0.717) is 6.54 Å².